The average Bonchev–Trinajstić information content (AvgIpc) is 3.19. The molecule has 1 aromatic carbocycles. The summed E-state index contributed by atoms with van der Waals surface area (Å²) in [6.07, 6.45) is 3.52. The van der Waals surface area contributed by atoms with Crippen LogP contribution < -0.4 is 4.90 Å². The van der Waals surface area contributed by atoms with Gasteiger partial charge in [-0.2, -0.15) is 9.40 Å². The van der Waals surface area contributed by atoms with E-state index in [4.69, 9.17) is 0 Å². The largest absolute Gasteiger partial charge is 0.352 e. The first-order chi connectivity index (χ1) is 13.4. The van der Waals surface area contributed by atoms with Crippen molar-refractivity contribution in [1.82, 2.24) is 19.5 Å². The second kappa shape index (κ2) is 7.37. The molecule has 146 valence electrons. The summed E-state index contributed by atoms with van der Waals surface area (Å²) in [7, 11) is -3.48. The average molecular weight is 398 g/mol. The first kappa shape index (κ1) is 18.6. The number of pyridine rings is 1. The molecule has 1 aliphatic rings. The van der Waals surface area contributed by atoms with E-state index in [-0.39, 0.29) is 0 Å². The number of hydrogen-bond acceptors (Lipinski definition) is 5. The van der Waals surface area contributed by atoms with Gasteiger partial charge in [-0.1, -0.05) is 17.7 Å². The van der Waals surface area contributed by atoms with Crippen LogP contribution in [0.1, 0.15) is 11.1 Å². The van der Waals surface area contributed by atoms with E-state index in [1.165, 1.54) is 0 Å². The van der Waals surface area contributed by atoms with Crippen molar-refractivity contribution in [2.75, 3.05) is 31.1 Å². The molecular formula is C20H23N5O2S. The monoisotopic (exact) mass is 397 g/mol. The highest BCUT2D eigenvalue weighted by Gasteiger charge is 2.30. The van der Waals surface area contributed by atoms with Crippen LogP contribution in [0, 0.1) is 13.8 Å². The fourth-order valence-corrected chi connectivity index (χ4v) is 5.16. The SMILES string of the molecule is Cc1ccc(S(=O)(=O)N2CCN(c3cc(-c4cccnc4)[nH]n3)CC2)c(C)c1. The van der Waals surface area contributed by atoms with Gasteiger partial charge in [0.15, 0.2) is 5.82 Å². The van der Waals surface area contributed by atoms with Crippen LogP contribution in [0.2, 0.25) is 0 Å². The standard InChI is InChI=1S/C20H23N5O2S/c1-15-5-6-19(16(2)12-15)28(26,27)25-10-8-24(9-11-25)20-13-18(22-23-20)17-4-3-7-21-14-17/h3-7,12-14H,8-11H2,1-2H3,(H,22,23). The van der Waals surface area contributed by atoms with Crippen LogP contribution in [0.15, 0.2) is 53.7 Å². The van der Waals surface area contributed by atoms with Gasteiger partial charge in [0.25, 0.3) is 0 Å². The number of aryl methyl sites for hydroxylation is 2. The number of piperazine rings is 1. The van der Waals surface area contributed by atoms with E-state index >= 15 is 0 Å². The molecule has 0 unspecified atom stereocenters. The molecule has 0 saturated carbocycles. The molecule has 1 N–H and O–H groups in total. The van der Waals surface area contributed by atoms with Gasteiger partial charge in [-0.3, -0.25) is 10.1 Å². The maximum Gasteiger partial charge on any atom is 0.243 e. The Kier molecular flexibility index (Phi) is 4.91. The van der Waals surface area contributed by atoms with Crippen LogP contribution >= 0.6 is 0 Å². The molecule has 0 atom stereocenters. The van der Waals surface area contributed by atoms with Crippen molar-refractivity contribution in [3.63, 3.8) is 0 Å². The molecule has 28 heavy (non-hydrogen) atoms. The minimum Gasteiger partial charge on any atom is -0.352 e. The van der Waals surface area contributed by atoms with Crippen molar-refractivity contribution in [3.05, 3.63) is 59.9 Å². The molecule has 0 aliphatic carbocycles. The van der Waals surface area contributed by atoms with Crippen molar-refractivity contribution in [1.29, 1.82) is 0 Å². The summed E-state index contributed by atoms with van der Waals surface area (Å²) in [5.41, 5.74) is 3.71. The van der Waals surface area contributed by atoms with E-state index in [1.54, 1.807) is 22.8 Å². The molecular weight excluding hydrogens is 374 g/mol. The first-order valence-electron chi connectivity index (χ1n) is 9.23. The molecule has 1 fully saturated rings. The number of nitrogens with zero attached hydrogens (tertiary/aromatic N) is 4. The number of H-pyrrole nitrogens is 1. The van der Waals surface area contributed by atoms with Gasteiger partial charge in [0.2, 0.25) is 10.0 Å². The summed E-state index contributed by atoms with van der Waals surface area (Å²) in [5.74, 6) is 0.822. The van der Waals surface area contributed by atoms with E-state index in [0.717, 1.165) is 28.2 Å². The van der Waals surface area contributed by atoms with Gasteiger partial charge < -0.3 is 4.90 Å². The van der Waals surface area contributed by atoms with Gasteiger partial charge in [0, 0.05) is 50.2 Å². The number of hydrogen-bond donors (Lipinski definition) is 1. The third-order valence-electron chi connectivity index (χ3n) is 5.05. The number of anilines is 1. The summed E-state index contributed by atoms with van der Waals surface area (Å²) in [6, 6.07) is 11.3. The normalized spacial score (nSPS) is 15.7. The maximum absolute atomic E-state index is 13.0. The highest BCUT2D eigenvalue weighted by molar-refractivity contribution is 7.89. The van der Waals surface area contributed by atoms with E-state index in [1.807, 2.05) is 44.2 Å². The molecule has 1 aliphatic heterocycles. The predicted octanol–water partition coefficient (Wildman–Crippen LogP) is 2.60. The number of aromatic amines is 1. The Morgan fingerprint density at radius 3 is 2.50 bits per heavy atom. The molecule has 0 amide bonds. The minimum absolute atomic E-state index is 0.394. The van der Waals surface area contributed by atoms with Gasteiger partial charge in [0.1, 0.15) is 0 Å². The number of benzene rings is 1. The lowest BCUT2D eigenvalue weighted by molar-refractivity contribution is 0.383. The van der Waals surface area contributed by atoms with Gasteiger partial charge in [-0.15, -0.1) is 0 Å². The molecule has 0 spiro atoms. The molecule has 3 heterocycles. The zero-order valence-electron chi connectivity index (χ0n) is 16.0. The van der Waals surface area contributed by atoms with Crippen molar-refractivity contribution in [3.8, 4) is 11.3 Å². The number of nitrogens with one attached hydrogen (secondary N) is 1. The smallest absolute Gasteiger partial charge is 0.243 e. The third-order valence-corrected chi connectivity index (χ3v) is 7.11. The quantitative estimate of drug-likeness (QED) is 0.732. The van der Waals surface area contributed by atoms with Crippen LogP contribution in [-0.4, -0.2) is 54.1 Å². The van der Waals surface area contributed by atoms with E-state index in [2.05, 4.69) is 20.1 Å². The lowest BCUT2D eigenvalue weighted by Gasteiger charge is -2.34. The summed E-state index contributed by atoms with van der Waals surface area (Å²) in [4.78, 5) is 6.62. The molecule has 1 saturated heterocycles. The zero-order valence-corrected chi connectivity index (χ0v) is 16.8. The third kappa shape index (κ3) is 3.53. The molecule has 8 heteroatoms. The number of aromatic nitrogens is 3. The Morgan fingerprint density at radius 1 is 1.04 bits per heavy atom. The van der Waals surface area contributed by atoms with Crippen molar-refractivity contribution in [2.45, 2.75) is 18.7 Å². The Balaban J connectivity index is 1.47. The predicted molar refractivity (Wildman–Crippen MR) is 109 cm³/mol. The highest BCUT2D eigenvalue weighted by Crippen LogP contribution is 2.25. The van der Waals surface area contributed by atoms with E-state index in [9.17, 15) is 8.42 Å². The van der Waals surface area contributed by atoms with Crippen LogP contribution in [0.5, 0.6) is 0 Å². The van der Waals surface area contributed by atoms with Crippen molar-refractivity contribution in [2.24, 2.45) is 0 Å². The summed E-state index contributed by atoms with van der Waals surface area (Å²) in [5, 5.41) is 7.43. The van der Waals surface area contributed by atoms with Crippen molar-refractivity contribution < 1.29 is 8.42 Å². The Labute approximate surface area is 165 Å². The van der Waals surface area contributed by atoms with Gasteiger partial charge >= 0.3 is 0 Å². The second-order valence-corrected chi connectivity index (χ2v) is 8.95. The topological polar surface area (TPSA) is 82.2 Å². The fraction of sp³-hybridized carbons (Fsp3) is 0.300. The molecule has 0 bridgehead atoms. The Bertz CT molecular complexity index is 1070. The van der Waals surface area contributed by atoms with Crippen LogP contribution in [0.4, 0.5) is 5.82 Å². The Hall–Kier alpha value is -2.71. The maximum atomic E-state index is 13.0. The first-order valence-corrected chi connectivity index (χ1v) is 10.7. The Morgan fingerprint density at radius 2 is 1.82 bits per heavy atom. The summed E-state index contributed by atoms with van der Waals surface area (Å²) in [6.45, 7) is 5.88. The van der Waals surface area contributed by atoms with E-state index < -0.39 is 10.0 Å². The number of sulfonamides is 1. The van der Waals surface area contributed by atoms with Gasteiger partial charge in [-0.25, -0.2) is 8.42 Å². The van der Waals surface area contributed by atoms with Crippen molar-refractivity contribution >= 4 is 15.8 Å². The zero-order chi connectivity index (χ0) is 19.7. The molecule has 3 aromatic rings. The van der Waals surface area contributed by atoms with E-state index in [0.29, 0.717) is 31.1 Å². The molecule has 4 rings (SSSR count). The van der Waals surface area contributed by atoms with Gasteiger partial charge in [-0.05, 0) is 37.6 Å². The number of rotatable bonds is 4. The summed E-state index contributed by atoms with van der Waals surface area (Å²) < 4.78 is 27.6. The van der Waals surface area contributed by atoms with Crippen LogP contribution in [0.25, 0.3) is 11.3 Å². The molecule has 7 nitrogen and oxygen atoms in total. The second-order valence-electron chi connectivity index (χ2n) is 7.04. The highest BCUT2D eigenvalue weighted by atomic mass is 32.2. The fourth-order valence-electron chi connectivity index (χ4n) is 3.53. The minimum atomic E-state index is -3.48. The summed E-state index contributed by atoms with van der Waals surface area (Å²) >= 11 is 0. The lowest BCUT2D eigenvalue weighted by Crippen LogP contribution is -2.48. The van der Waals surface area contributed by atoms with Crippen LogP contribution in [-0.2, 0) is 10.0 Å². The van der Waals surface area contributed by atoms with Gasteiger partial charge in [0.05, 0.1) is 10.6 Å². The lowest BCUT2D eigenvalue weighted by atomic mass is 10.2. The van der Waals surface area contributed by atoms with Crippen LogP contribution in [0.3, 0.4) is 0 Å². The molecule has 2 aromatic heterocycles. The molecule has 0 radical (unpaired) electrons.